The van der Waals surface area contributed by atoms with Gasteiger partial charge >= 0.3 is 0 Å². The Balaban J connectivity index is 1.95. The molecule has 1 aliphatic rings. The first-order chi connectivity index (χ1) is 16.1. The number of ketones is 1. The molecule has 0 unspecified atom stereocenters. The predicted octanol–water partition coefficient (Wildman–Crippen LogP) is 6.81. The van der Waals surface area contributed by atoms with E-state index < -0.39 is 0 Å². The zero-order chi connectivity index (χ0) is 25.0. The zero-order valence-corrected chi connectivity index (χ0v) is 23.4. The molecule has 1 N–H and O–H groups in total. The summed E-state index contributed by atoms with van der Waals surface area (Å²) in [7, 11) is 1.90. The minimum Gasteiger partial charge on any atom is -0.505 e. The van der Waals surface area contributed by atoms with Crippen LogP contribution in [-0.2, 0) is 5.41 Å². The first kappa shape index (κ1) is 26.6. The molecule has 34 heavy (non-hydrogen) atoms. The molecule has 5 nitrogen and oxygen atoms in total. The molecule has 7 heteroatoms. The number of Topliss-reactive ketones (excluding diaryl/α,β-unsaturated/α-hetero) is 1. The third kappa shape index (κ3) is 5.62. The lowest BCUT2D eigenvalue weighted by Gasteiger charge is -2.26. The number of anilines is 1. The van der Waals surface area contributed by atoms with E-state index in [9.17, 15) is 9.90 Å². The number of amidine groups is 1. The standard InChI is InChI=1S/C27H36BrN3O2S/c1-7-11-19-16-31(26(29-28)24(19)18-12-9-8-10-13-18)17-23(32)20-14-21(27(2,3)4)25(33)22(15-20)30(5)34-6/h8-10,12-15,19,24,33H,7,11,16-17H2,1-6H3/b29-26-/t19-,24+/m0/s1. The van der Waals surface area contributed by atoms with Crippen molar-refractivity contribution in [3.8, 4) is 5.75 Å². The van der Waals surface area contributed by atoms with Crippen LogP contribution in [-0.4, -0.2) is 48.0 Å². The molecule has 0 amide bonds. The van der Waals surface area contributed by atoms with Crippen LogP contribution in [0.1, 0.15) is 67.9 Å². The molecular formula is C27H36BrN3O2S. The van der Waals surface area contributed by atoms with Crippen LogP contribution in [0.3, 0.4) is 0 Å². The van der Waals surface area contributed by atoms with Crippen LogP contribution in [0.2, 0.25) is 0 Å². The minimum atomic E-state index is -0.297. The molecule has 1 saturated heterocycles. The van der Waals surface area contributed by atoms with Crippen LogP contribution in [0.4, 0.5) is 5.69 Å². The molecule has 0 spiro atoms. The second kappa shape index (κ2) is 11.2. The van der Waals surface area contributed by atoms with Crippen LogP contribution in [0.15, 0.2) is 46.5 Å². The van der Waals surface area contributed by atoms with Crippen molar-refractivity contribution in [1.82, 2.24) is 4.90 Å². The number of hydrogen-bond acceptors (Lipinski definition) is 5. The largest absolute Gasteiger partial charge is 0.505 e. The average molecular weight is 547 g/mol. The summed E-state index contributed by atoms with van der Waals surface area (Å²) in [6.07, 6.45) is 4.11. The van der Waals surface area contributed by atoms with Crippen molar-refractivity contribution in [2.24, 2.45) is 9.94 Å². The Hall–Kier alpha value is -1.99. The van der Waals surface area contributed by atoms with Crippen molar-refractivity contribution in [3.63, 3.8) is 0 Å². The highest BCUT2D eigenvalue weighted by Gasteiger charge is 2.39. The van der Waals surface area contributed by atoms with Crippen molar-refractivity contribution in [1.29, 1.82) is 0 Å². The number of carbonyl (C=O) groups is 1. The van der Waals surface area contributed by atoms with Gasteiger partial charge in [0.2, 0.25) is 0 Å². The smallest absolute Gasteiger partial charge is 0.182 e. The van der Waals surface area contributed by atoms with Gasteiger partial charge in [0.05, 0.1) is 28.4 Å². The number of phenols is 1. The Kier molecular flexibility index (Phi) is 8.74. The number of aromatic hydroxyl groups is 1. The van der Waals surface area contributed by atoms with Gasteiger partial charge in [0, 0.05) is 36.9 Å². The monoisotopic (exact) mass is 545 g/mol. The maximum Gasteiger partial charge on any atom is 0.182 e. The van der Waals surface area contributed by atoms with E-state index in [0.29, 0.717) is 17.2 Å². The number of phenolic OH excluding ortho intramolecular Hbond substituents is 1. The summed E-state index contributed by atoms with van der Waals surface area (Å²) in [4.78, 5) is 15.7. The van der Waals surface area contributed by atoms with E-state index >= 15 is 0 Å². The van der Waals surface area contributed by atoms with Crippen LogP contribution in [0, 0.1) is 5.92 Å². The SMILES string of the molecule is CCC[C@H]1CN(CC(=O)c2cc(N(C)SC)c(O)c(C(C)(C)C)c2)/C(=N\Br)[C@@H]1c1ccccc1. The third-order valence-electron chi connectivity index (χ3n) is 6.60. The highest BCUT2D eigenvalue weighted by Crippen LogP contribution is 2.41. The Bertz CT molecular complexity index is 1040. The maximum atomic E-state index is 13.6. The summed E-state index contributed by atoms with van der Waals surface area (Å²) < 4.78 is 6.38. The van der Waals surface area contributed by atoms with Gasteiger partial charge in [-0.1, -0.05) is 76.4 Å². The van der Waals surface area contributed by atoms with Gasteiger partial charge in [-0.3, -0.25) is 4.79 Å². The second-order valence-corrected chi connectivity index (χ2v) is 11.3. The van der Waals surface area contributed by atoms with Crippen molar-refractivity contribution in [2.75, 3.05) is 30.7 Å². The molecule has 1 aliphatic heterocycles. The fourth-order valence-electron chi connectivity index (χ4n) is 4.81. The summed E-state index contributed by atoms with van der Waals surface area (Å²) in [5.74, 6) is 1.74. The average Bonchev–Trinajstić information content (AvgIpc) is 3.15. The lowest BCUT2D eigenvalue weighted by molar-refractivity contribution is 0.0963. The van der Waals surface area contributed by atoms with E-state index in [2.05, 4.69) is 77.0 Å². The van der Waals surface area contributed by atoms with Gasteiger partial charge < -0.3 is 14.3 Å². The number of likely N-dealkylation sites (tertiary alicyclic amines) is 1. The molecule has 0 saturated carbocycles. The maximum absolute atomic E-state index is 13.6. The van der Waals surface area contributed by atoms with E-state index in [1.165, 1.54) is 17.5 Å². The van der Waals surface area contributed by atoms with Crippen molar-refractivity contribution in [3.05, 3.63) is 59.2 Å². The first-order valence-electron chi connectivity index (χ1n) is 11.8. The van der Waals surface area contributed by atoms with Crippen molar-refractivity contribution >= 4 is 45.4 Å². The van der Waals surface area contributed by atoms with Gasteiger partial charge in [0.25, 0.3) is 0 Å². The van der Waals surface area contributed by atoms with E-state index in [-0.39, 0.29) is 29.4 Å². The molecule has 0 radical (unpaired) electrons. The zero-order valence-electron chi connectivity index (χ0n) is 21.0. The molecule has 2 aromatic carbocycles. The fourth-order valence-corrected chi connectivity index (χ4v) is 5.59. The Morgan fingerprint density at radius 2 is 1.94 bits per heavy atom. The molecule has 0 aliphatic carbocycles. The molecule has 1 heterocycles. The summed E-state index contributed by atoms with van der Waals surface area (Å²) in [5, 5.41) is 10.9. The van der Waals surface area contributed by atoms with Gasteiger partial charge in [-0.25, -0.2) is 0 Å². The molecule has 1 fully saturated rings. The van der Waals surface area contributed by atoms with Gasteiger partial charge in [0.15, 0.2) is 5.78 Å². The first-order valence-corrected chi connectivity index (χ1v) is 13.7. The summed E-state index contributed by atoms with van der Waals surface area (Å²) in [6, 6.07) is 14.1. The predicted molar refractivity (Wildman–Crippen MR) is 149 cm³/mol. The van der Waals surface area contributed by atoms with Gasteiger partial charge in [0.1, 0.15) is 11.6 Å². The number of halogens is 1. The Labute approximate surface area is 217 Å². The van der Waals surface area contributed by atoms with Crippen molar-refractivity contribution in [2.45, 2.75) is 51.9 Å². The minimum absolute atomic E-state index is 0.0267. The summed E-state index contributed by atoms with van der Waals surface area (Å²) in [6.45, 7) is 9.41. The highest BCUT2D eigenvalue weighted by atomic mass is 79.9. The fraction of sp³-hybridized carbons (Fsp3) is 0.481. The molecule has 0 aromatic heterocycles. The Morgan fingerprint density at radius 1 is 1.26 bits per heavy atom. The number of benzene rings is 2. The highest BCUT2D eigenvalue weighted by molar-refractivity contribution is 9.08. The van der Waals surface area contributed by atoms with Crippen LogP contribution < -0.4 is 4.31 Å². The number of nitrogens with zero attached hydrogens (tertiary/aromatic N) is 3. The van der Waals surface area contributed by atoms with Crippen LogP contribution in [0.5, 0.6) is 5.75 Å². The van der Waals surface area contributed by atoms with E-state index in [1.54, 1.807) is 0 Å². The third-order valence-corrected chi connectivity index (χ3v) is 7.71. The van der Waals surface area contributed by atoms with E-state index in [0.717, 1.165) is 30.8 Å². The number of rotatable bonds is 8. The normalized spacial score (nSPS) is 19.6. The van der Waals surface area contributed by atoms with Gasteiger partial charge in [-0.05, 0) is 35.4 Å². The lowest BCUT2D eigenvalue weighted by Crippen LogP contribution is -2.32. The van der Waals surface area contributed by atoms with Gasteiger partial charge in [-0.15, -0.1) is 0 Å². The van der Waals surface area contributed by atoms with E-state index in [1.807, 2.05) is 35.8 Å². The second-order valence-electron chi connectivity index (χ2n) is 10.0. The molecule has 3 rings (SSSR count). The molecular weight excluding hydrogens is 510 g/mol. The summed E-state index contributed by atoms with van der Waals surface area (Å²) in [5.41, 5.74) is 2.98. The Morgan fingerprint density at radius 3 is 2.50 bits per heavy atom. The quantitative estimate of drug-likeness (QED) is 0.291. The van der Waals surface area contributed by atoms with Crippen LogP contribution >= 0.6 is 28.1 Å². The lowest BCUT2D eigenvalue weighted by atomic mass is 9.84. The topological polar surface area (TPSA) is 56.1 Å². The number of carbonyl (C=O) groups excluding carboxylic acids is 1. The van der Waals surface area contributed by atoms with Crippen molar-refractivity contribution < 1.29 is 9.90 Å². The summed E-state index contributed by atoms with van der Waals surface area (Å²) >= 11 is 4.86. The molecule has 2 aromatic rings. The molecule has 184 valence electrons. The number of hydrogen-bond donors (Lipinski definition) is 1. The van der Waals surface area contributed by atoms with E-state index in [4.69, 9.17) is 0 Å². The van der Waals surface area contributed by atoms with Crippen LogP contribution in [0.25, 0.3) is 0 Å². The van der Waals surface area contributed by atoms with Gasteiger partial charge in [-0.2, -0.15) is 4.02 Å². The molecule has 2 atom stereocenters. The molecule has 0 bridgehead atoms.